The van der Waals surface area contributed by atoms with Gasteiger partial charge in [-0.3, -0.25) is 0 Å². The van der Waals surface area contributed by atoms with Gasteiger partial charge in [0.2, 0.25) is 0 Å². The highest BCUT2D eigenvalue weighted by atomic mass is 32.1. The first kappa shape index (κ1) is 15.1. The van der Waals surface area contributed by atoms with Gasteiger partial charge in [0, 0.05) is 13.0 Å². The second-order valence-electron chi connectivity index (χ2n) is 4.56. The van der Waals surface area contributed by atoms with Crippen LogP contribution in [0.15, 0.2) is 0 Å². The molecule has 1 aromatic rings. The van der Waals surface area contributed by atoms with Gasteiger partial charge in [-0.05, 0) is 26.3 Å². The molecule has 0 atom stereocenters. The fourth-order valence-electron chi connectivity index (χ4n) is 1.62. The van der Waals surface area contributed by atoms with Gasteiger partial charge in [-0.15, -0.1) is 11.3 Å². The fraction of sp³-hybridized carbons (Fsp3) is 0.692. The van der Waals surface area contributed by atoms with Crippen molar-refractivity contribution in [2.24, 2.45) is 5.92 Å². The van der Waals surface area contributed by atoms with E-state index in [1.54, 1.807) is 0 Å². The van der Waals surface area contributed by atoms with Crippen molar-refractivity contribution >= 4 is 17.3 Å². The first-order valence-corrected chi connectivity index (χ1v) is 7.20. The molecular formula is C13H22N2O2S. The summed E-state index contributed by atoms with van der Waals surface area (Å²) in [5, 5.41) is 4.09. The van der Waals surface area contributed by atoms with Gasteiger partial charge in [-0.2, -0.15) is 0 Å². The summed E-state index contributed by atoms with van der Waals surface area (Å²) in [4.78, 5) is 17.1. The summed E-state index contributed by atoms with van der Waals surface area (Å²) in [6.45, 7) is 7.35. The standard InChI is InChI=1S/C13H22N2O2S/c1-5-17-13(16)12-10(8-9(2)3)15-11(18-12)6-7-14-4/h9,14H,5-8H2,1-4H3. The monoisotopic (exact) mass is 270 g/mol. The van der Waals surface area contributed by atoms with Crippen molar-refractivity contribution in [1.29, 1.82) is 0 Å². The molecule has 1 aromatic heterocycles. The average Bonchev–Trinajstić information content (AvgIpc) is 2.69. The van der Waals surface area contributed by atoms with Crippen LogP contribution in [0.25, 0.3) is 0 Å². The van der Waals surface area contributed by atoms with Gasteiger partial charge in [0.1, 0.15) is 4.88 Å². The number of nitrogens with zero attached hydrogens (tertiary/aromatic N) is 1. The lowest BCUT2D eigenvalue weighted by Gasteiger charge is -2.04. The van der Waals surface area contributed by atoms with Crippen molar-refractivity contribution in [3.05, 3.63) is 15.6 Å². The molecule has 5 heteroatoms. The first-order valence-electron chi connectivity index (χ1n) is 6.38. The highest BCUT2D eigenvalue weighted by Gasteiger charge is 2.19. The molecule has 0 spiro atoms. The first-order chi connectivity index (χ1) is 8.58. The smallest absolute Gasteiger partial charge is 0.350 e. The van der Waals surface area contributed by atoms with E-state index in [4.69, 9.17) is 4.74 Å². The molecule has 0 bridgehead atoms. The van der Waals surface area contributed by atoms with Gasteiger partial charge < -0.3 is 10.1 Å². The minimum Gasteiger partial charge on any atom is -0.462 e. The van der Waals surface area contributed by atoms with E-state index in [0.717, 1.165) is 30.1 Å². The summed E-state index contributed by atoms with van der Waals surface area (Å²) in [6, 6.07) is 0. The molecule has 0 unspecified atom stereocenters. The van der Waals surface area contributed by atoms with Crippen molar-refractivity contribution in [3.63, 3.8) is 0 Å². The Labute approximate surface area is 113 Å². The summed E-state index contributed by atoms with van der Waals surface area (Å²) in [5.41, 5.74) is 0.888. The number of likely N-dealkylation sites (N-methyl/N-ethyl adjacent to an activating group) is 1. The molecule has 0 radical (unpaired) electrons. The summed E-state index contributed by atoms with van der Waals surface area (Å²) in [7, 11) is 1.91. The van der Waals surface area contributed by atoms with E-state index < -0.39 is 0 Å². The Bertz CT molecular complexity index is 388. The van der Waals surface area contributed by atoms with Crippen LogP contribution in [0.2, 0.25) is 0 Å². The minimum absolute atomic E-state index is 0.235. The lowest BCUT2D eigenvalue weighted by molar-refractivity contribution is 0.0530. The Morgan fingerprint density at radius 3 is 2.78 bits per heavy atom. The molecule has 0 amide bonds. The maximum Gasteiger partial charge on any atom is 0.350 e. The zero-order valence-electron chi connectivity index (χ0n) is 11.6. The van der Waals surface area contributed by atoms with Crippen LogP contribution in [0.3, 0.4) is 0 Å². The number of hydrogen-bond donors (Lipinski definition) is 1. The number of aromatic nitrogens is 1. The Balaban J connectivity index is 2.89. The van der Waals surface area contributed by atoms with Gasteiger partial charge in [-0.1, -0.05) is 13.8 Å². The average molecular weight is 270 g/mol. The van der Waals surface area contributed by atoms with Crippen molar-refractivity contribution in [2.75, 3.05) is 20.2 Å². The van der Waals surface area contributed by atoms with Gasteiger partial charge >= 0.3 is 5.97 Å². The van der Waals surface area contributed by atoms with Crippen LogP contribution in [0, 0.1) is 5.92 Å². The van der Waals surface area contributed by atoms with E-state index in [1.807, 2.05) is 14.0 Å². The van der Waals surface area contributed by atoms with Crippen molar-refractivity contribution in [2.45, 2.75) is 33.6 Å². The maximum atomic E-state index is 11.9. The molecule has 0 aliphatic heterocycles. The molecule has 0 aliphatic carbocycles. The zero-order valence-corrected chi connectivity index (χ0v) is 12.4. The number of esters is 1. The zero-order chi connectivity index (χ0) is 13.5. The number of rotatable bonds is 7. The quantitative estimate of drug-likeness (QED) is 0.772. The molecule has 0 aromatic carbocycles. The lowest BCUT2D eigenvalue weighted by Crippen LogP contribution is -2.10. The number of thiazole rings is 1. The van der Waals surface area contributed by atoms with Crippen molar-refractivity contribution in [1.82, 2.24) is 10.3 Å². The number of carbonyl (C=O) groups excluding carboxylic acids is 1. The second-order valence-corrected chi connectivity index (χ2v) is 5.64. The highest BCUT2D eigenvalue weighted by Crippen LogP contribution is 2.22. The minimum atomic E-state index is -0.235. The van der Waals surface area contributed by atoms with Crippen LogP contribution >= 0.6 is 11.3 Å². The highest BCUT2D eigenvalue weighted by molar-refractivity contribution is 7.13. The Morgan fingerprint density at radius 1 is 1.50 bits per heavy atom. The van der Waals surface area contributed by atoms with E-state index in [0.29, 0.717) is 17.4 Å². The Morgan fingerprint density at radius 2 is 2.22 bits per heavy atom. The van der Waals surface area contributed by atoms with E-state index in [2.05, 4.69) is 24.1 Å². The third kappa shape index (κ3) is 4.38. The number of hydrogen-bond acceptors (Lipinski definition) is 5. The Kier molecular flexibility index (Phi) is 6.29. The third-order valence-electron chi connectivity index (χ3n) is 2.39. The largest absolute Gasteiger partial charge is 0.462 e. The van der Waals surface area contributed by atoms with E-state index in [1.165, 1.54) is 11.3 Å². The van der Waals surface area contributed by atoms with Gasteiger partial charge in [0.25, 0.3) is 0 Å². The van der Waals surface area contributed by atoms with Crippen LogP contribution in [0.1, 0.15) is 41.1 Å². The van der Waals surface area contributed by atoms with Crippen LogP contribution < -0.4 is 5.32 Å². The predicted octanol–water partition coefficient (Wildman–Crippen LogP) is 2.28. The molecule has 0 saturated carbocycles. The Hall–Kier alpha value is -0.940. The van der Waals surface area contributed by atoms with Crippen LogP contribution in [0.4, 0.5) is 0 Å². The lowest BCUT2D eigenvalue weighted by atomic mass is 10.1. The summed E-state index contributed by atoms with van der Waals surface area (Å²) >= 11 is 1.46. The summed E-state index contributed by atoms with van der Waals surface area (Å²) in [6.07, 6.45) is 1.68. The fourth-order valence-corrected chi connectivity index (χ4v) is 2.61. The molecule has 0 saturated heterocycles. The predicted molar refractivity (Wildman–Crippen MR) is 74.2 cm³/mol. The van der Waals surface area contributed by atoms with Crippen molar-refractivity contribution in [3.8, 4) is 0 Å². The summed E-state index contributed by atoms with van der Waals surface area (Å²) in [5.74, 6) is 0.249. The van der Waals surface area contributed by atoms with Crippen LogP contribution in [-0.4, -0.2) is 31.2 Å². The summed E-state index contributed by atoms with van der Waals surface area (Å²) < 4.78 is 5.08. The third-order valence-corrected chi connectivity index (χ3v) is 3.53. The second kappa shape index (κ2) is 7.48. The van der Waals surface area contributed by atoms with E-state index in [9.17, 15) is 4.79 Å². The van der Waals surface area contributed by atoms with E-state index >= 15 is 0 Å². The normalized spacial score (nSPS) is 10.9. The number of carbonyl (C=O) groups is 1. The molecule has 18 heavy (non-hydrogen) atoms. The van der Waals surface area contributed by atoms with Crippen LogP contribution in [0.5, 0.6) is 0 Å². The number of nitrogens with one attached hydrogen (secondary N) is 1. The van der Waals surface area contributed by atoms with E-state index in [-0.39, 0.29) is 5.97 Å². The topological polar surface area (TPSA) is 51.2 Å². The molecule has 1 N–H and O–H groups in total. The molecule has 1 heterocycles. The molecule has 102 valence electrons. The SMILES string of the molecule is CCOC(=O)c1sc(CCNC)nc1CC(C)C. The van der Waals surface area contributed by atoms with Gasteiger partial charge in [-0.25, -0.2) is 9.78 Å². The van der Waals surface area contributed by atoms with Gasteiger partial charge in [0.05, 0.1) is 17.3 Å². The van der Waals surface area contributed by atoms with Gasteiger partial charge in [0.15, 0.2) is 0 Å². The van der Waals surface area contributed by atoms with Crippen LogP contribution in [-0.2, 0) is 17.6 Å². The number of ether oxygens (including phenoxy) is 1. The maximum absolute atomic E-state index is 11.9. The molecule has 4 nitrogen and oxygen atoms in total. The molecule has 0 aliphatic rings. The molecular weight excluding hydrogens is 248 g/mol. The molecule has 1 rings (SSSR count). The van der Waals surface area contributed by atoms with Crippen molar-refractivity contribution < 1.29 is 9.53 Å². The molecule has 0 fully saturated rings.